The minimum Gasteiger partial charge on any atom is -0.605 e. The van der Waals surface area contributed by atoms with Crippen LogP contribution >= 0.6 is 0 Å². The van der Waals surface area contributed by atoms with Crippen molar-refractivity contribution in [1.82, 2.24) is 14.9 Å². The van der Waals surface area contributed by atoms with Gasteiger partial charge in [-0.25, -0.2) is 4.98 Å². The van der Waals surface area contributed by atoms with Crippen molar-refractivity contribution in [1.29, 1.82) is 5.26 Å². The Kier molecular flexibility index (Phi) is 6.38. The number of carbonyl (C=O) groups is 1. The van der Waals surface area contributed by atoms with E-state index >= 15 is 0 Å². The molecule has 1 aromatic carbocycles. The summed E-state index contributed by atoms with van der Waals surface area (Å²) in [7, 11) is 1.29. The molecule has 0 spiro atoms. The van der Waals surface area contributed by atoms with Crippen LogP contribution in [0, 0.1) is 18.3 Å². The molecule has 0 radical (unpaired) electrons. The van der Waals surface area contributed by atoms with Gasteiger partial charge in [0.15, 0.2) is 4.90 Å². The van der Waals surface area contributed by atoms with Gasteiger partial charge in [0.05, 0.1) is 16.8 Å². The highest BCUT2D eigenvalue weighted by Gasteiger charge is 2.32. The van der Waals surface area contributed by atoms with Gasteiger partial charge in [-0.15, -0.1) is 0 Å². The van der Waals surface area contributed by atoms with Crippen LogP contribution in [0.4, 0.5) is 13.2 Å². The standard InChI is InChI=1S/C21H15F3N4O3S/c1-12-17(32(31)18-7-6-13(10-25)11-27-18)9-16(19(29)26-2)20(30)28(12)15-5-3-4-14(8-15)21(22,23)24/h3-9,11H,1-2H3,(H,26,29). The van der Waals surface area contributed by atoms with Crippen molar-refractivity contribution in [3.8, 4) is 11.8 Å². The number of nitrogens with zero attached hydrogens (tertiary/aromatic N) is 3. The second-order valence-corrected chi connectivity index (χ2v) is 7.94. The van der Waals surface area contributed by atoms with Crippen LogP contribution < -0.4 is 10.9 Å². The van der Waals surface area contributed by atoms with Crippen molar-refractivity contribution in [2.45, 2.75) is 23.0 Å². The number of hydrogen-bond donors (Lipinski definition) is 1. The molecule has 2 aromatic heterocycles. The fourth-order valence-electron chi connectivity index (χ4n) is 2.97. The van der Waals surface area contributed by atoms with Crippen LogP contribution in [-0.4, -0.2) is 27.1 Å². The van der Waals surface area contributed by atoms with E-state index in [0.29, 0.717) is 0 Å². The highest BCUT2D eigenvalue weighted by molar-refractivity contribution is 7.91. The van der Waals surface area contributed by atoms with Gasteiger partial charge in [-0.2, -0.15) is 18.4 Å². The topological polar surface area (TPSA) is 111 Å². The minimum atomic E-state index is -4.65. The van der Waals surface area contributed by atoms with Gasteiger partial charge >= 0.3 is 6.18 Å². The zero-order valence-electron chi connectivity index (χ0n) is 16.7. The molecule has 3 aromatic rings. The molecule has 0 bridgehead atoms. The molecular weight excluding hydrogens is 445 g/mol. The number of rotatable bonds is 4. The molecule has 0 aliphatic carbocycles. The SMILES string of the molecule is CNC(=O)c1cc([S+]([O-])c2ccc(C#N)cn2)c(C)n(-c2cccc(C(F)(F)F)c2)c1=O. The molecule has 3 rings (SSSR count). The molecule has 11 heteroatoms. The van der Waals surface area contributed by atoms with Crippen molar-refractivity contribution >= 4 is 17.1 Å². The summed E-state index contributed by atoms with van der Waals surface area (Å²) in [6.07, 6.45) is -3.44. The number of nitrogens with one attached hydrogen (secondary N) is 1. The lowest BCUT2D eigenvalue weighted by molar-refractivity contribution is -0.137. The summed E-state index contributed by atoms with van der Waals surface area (Å²) in [5.41, 5.74) is -2.07. The average molecular weight is 460 g/mol. The van der Waals surface area contributed by atoms with Crippen LogP contribution in [0.25, 0.3) is 5.69 Å². The molecule has 1 unspecified atom stereocenters. The Labute approximate surface area is 183 Å². The smallest absolute Gasteiger partial charge is 0.416 e. The van der Waals surface area contributed by atoms with E-state index < -0.39 is 39.9 Å². The van der Waals surface area contributed by atoms with Crippen molar-refractivity contribution in [3.05, 3.63) is 81.4 Å². The molecule has 0 saturated heterocycles. The molecule has 2 heterocycles. The van der Waals surface area contributed by atoms with E-state index in [2.05, 4.69) is 10.3 Å². The second-order valence-electron chi connectivity index (χ2n) is 6.54. The van der Waals surface area contributed by atoms with Gasteiger partial charge in [-0.05, 0) is 31.2 Å². The number of hydrogen-bond acceptors (Lipinski definition) is 5. The Hall–Kier alpha value is -3.62. The van der Waals surface area contributed by atoms with Gasteiger partial charge in [0.25, 0.3) is 11.5 Å². The van der Waals surface area contributed by atoms with E-state index in [1.165, 1.54) is 38.4 Å². The largest absolute Gasteiger partial charge is 0.605 e. The Morgan fingerprint density at radius 1 is 1.25 bits per heavy atom. The molecule has 1 atom stereocenters. The lowest BCUT2D eigenvalue weighted by Crippen LogP contribution is -2.33. The Bertz CT molecular complexity index is 1280. The summed E-state index contributed by atoms with van der Waals surface area (Å²) >= 11 is -1.99. The summed E-state index contributed by atoms with van der Waals surface area (Å²) in [5.74, 6) is -0.790. The maximum absolute atomic E-state index is 13.2. The first-order valence-corrected chi connectivity index (χ1v) is 10.2. The Morgan fingerprint density at radius 2 is 1.97 bits per heavy atom. The lowest BCUT2D eigenvalue weighted by Gasteiger charge is -2.18. The van der Waals surface area contributed by atoms with Gasteiger partial charge < -0.3 is 9.87 Å². The number of benzene rings is 1. The van der Waals surface area contributed by atoms with Crippen molar-refractivity contribution in [2.24, 2.45) is 0 Å². The van der Waals surface area contributed by atoms with Gasteiger partial charge in [0.2, 0.25) is 5.03 Å². The zero-order chi connectivity index (χ0) is 23.6. The summed E-state index contributed by atoms with van der Waals surface area (Å²) in [4.78, 5) is 29.3. The van der Waals surface area contributed by atoms with E-state index in [-0.39, 0.29) is 26.9 Å². The molecule has 1 amide bonds. The second kappa shape index (κ2) is 8.86. The van der Waals surface area contributed by atoms with E-state index in [9.17, 15) is 27.3 Å². The summed E-state index contributed by atoms with van der Waals surface area (Å²) in [5, 5.41) is 11.2. The summed E-state index contributed by atoms with van der Waals surface area (Å²) in [6, 6.07) is 9.81. The number of amides is 1. The van der Waals surface area contributed by atoms with Crippen LogP contribution in [0.3, 0.4) is 0 Å². The first kappa shape index (κ1) is 23.1. The first-order valence-electron chi connectivity index (χ1n) is 9.02. The fraction of sp³-hybridized carbons (Fsp3) is 0.143. The van der Waals surface area contributed by atoms with Gasteiger partial charge in [0.1, 0.15) is 11.6 Å². The number of carbonyl (C=O) groups excluding carboxylic acids is 1. The number of alkyl halides is 3. The molecule has 0 aliphatic heterocycles. The normalized spacial score (nSPS) is 12.2. The number of aromatic nitrogens is 2. The number of nitriles is 1. The molecular formula is C21H15F3N4O3S. The predicted octanol–water partition coefficient (Wildman–Crippen LogP) is 2.96. The first-order chi connectivity index (χ1) is 15.1. The predicted molar refractivity (Wildman–Crippen MR) is 109 cm³/mol. The van der Waals surface area contributed by atoms with Crippen molar-refractivity contribution in [2.75, 3.05) is 7.05 Å². The highest BCUT2D eigenvalue weighted by Crippen LogP contribution is 2.31. The van der Waals surface area contributed by atoms with Gasteiger partial charge in [-0.1, -0.05) is 6.07 Å². The summed E-state index contributed by atoms with van der Waals surface area (Å²) < 4.78 is 53.7. The van der Waals surface area contributed by atoms with Crippen LogP contribution in [0.1, 0.15) is 27.2 Å². The van der Waals surface area contributed by atoms with E-state index in [4.69, 9.17) is 5.26 Å². The van der Waals surface area contributed by atoms with E-state index in [1.54, 1.807) is 0 Å². The molecule has 0 aliphatic rings. The van der Waals surface area contributed by atoms with E-state index in [0.717, 1.165) is 28.8 Å². The molecule has 164 valence electrons. The third-order valence-corrected chi connectivity index (χ3v) is 5.99. The fourth-order valence-corrected chi connectivity index (χ4v) is 4.12. The van der Waals surface area contributed by atoms with Crippen LogP contribution in [0.2, 0.25) is 0 Å². The maximum Gasteiger partial charge on any atom is 0.416 e. The monoisotopic (exact) mass is 460 g/mol. The summed E-state index contributed by atoms with van der Waals surface area (Å²) in [6.45, 7) is 1.41. The van der Waals surface area contributed by atoms with Crippen molar-refractivity contribution in [3.63, 3.8) is 0 Å². The van der Waals surface area contributed by atoms with Crippen molar-refractivity contribution < 1.29 is 22.5 Å². The number of pyridine rings is 2. The van der Waals surface area contributed by atoms with Crippen LogP contribution in [0.15, 0.2) is 63.4 Å². The van der Waals surface area contributed by atoms with Gasteiger partial charge in [0, 0.05) is 42.2 Å². The average Bonchev–Trinajstić information content (AvgIpc) is 2.78. The minimum absolute atomic E-state index is 0.0119. The molecule has 32 heavy (non-hydrogen) atoms. The quantitative estimate of drug-likeness (QED) is 0.602. The molecule has 7 nitrogen and oxygen atoms in total. The Morgan fingerprint density at radius 3 is 2.53 bits per heavy atom. The van der Waals surface area contributed by atoms with Crippen LogP contribution in [0.5, 0.6) is 0 Å². The van der Waals surface area contributed by atoms with E-state index in [1.807, 2.05) is 6.07 Å². The Balaban J connectivity index is 2.27. The third-order valence-electron chi connectivity index (χ3n) is 4.56. The number of halogens is 3. The molecule has 1 N–H and O–H groups in total. The highest BCUT2D eigenvalue weighted by atomic mass is 32.2. The van der Waals surface area contributed by atoms with Crippen LogP contribution in [-0.2, 0) is 17.4 Å². The van der Waals surface area contributed by atoms with Gasteiger partial charge in [-0.3, -0.25) is 14.2 Å². The maximum atomic E-state index is 13.2. The molecule has 0 fully saturated rings. The molecule has 0 saturated carbocycles. The lowest BCUT2D eigenvalue weighted by atomic mass is 10.1. The third kappa shape index (κ3) is 4.37. The zero-order valence-corrected chi connectivity index (χ0v) is 17.5.